The summed E-state index contributed by atoms with van der Waals surface area (Å²) in [6.45, 7) is 2.62. The Bertz CT molecular complexity index is 1760. The largest absolute Gasteiger partial charge is 0.384 e. The predicted octanol–water partition coefficient (Wildman–Crippen LogP) is 3.78. The molecule has 0 spiro atoms. The lowest BCUT2D eigenvalue weighted by molar-refractivity contribution is 0.588. The second-order valence-corrected chi connectivity index (χ2v) is 13.3. The van der Waals surface area contributed by atoms with Crippen LogP contribution in [0.3, 0.4) is 0 Å². The predicted molar refractivity (Wildman–Crippen MR) is 141 cm³/mol. The first kappa shape index (κ1) is 24.3. The maximum absolute atomic E-state index is 13.5. The van der Waals surface area contributed by atoms with Gasteiger partial charge in [0, 0.05) is 54.4 Å². The van der Waals surface area contributed by atoms with Crippen molar-refractivity contribution in [2.24, 2.45) is 13.0 Å². The van der Waals surface area contributed by atoms with Crippen LogP contribution in [-0.4, -0.2) is 38.2 Å². The first-order chi connectivity index (χ1) is 17.0. The molecule has 0 unspecified atom stereocenters. The summed E-state index contributed by atoms with van der Waals surface area (Å²) in [6, 6.07) is 12.9. The Labute approximate surface area is 210 Å². The number of hydrogen-bond acceptors (Lipinski definition) is 6. The fourth-order valence-electron chi connectivity index (χ4n) is 4.28. The fourth-order valence-corrected chi connectivity index (χ4v) is 6.27. The molecule has 1 saturated carbocycles. The molecule has 0 atom stereocenters. The number of sulfone groups is 1. The van der Waals surface area contributed by atoms with Gasteiger partial charge in [-0.1, -0.05) is 17.7 Å². The van der Waals surface area contributed by atoms with Gasteiger partial charge >= 0.3 is 0 Å². The average molecular weight is 526 g/mol. The van der Waals surface area contributed by atoms with Crippen molar-refractivity contribution >= 4 is 36.5 Å². The van der Waals surface area contributed by atoms with E-state index in [2.05, 4.69) is 5.32 Å². The number of hydrogen-bond donors (Lipinski definition) is 1. The third-order valence-corrected chi connectivity index (χ3v) is 9.35. The van der Waals surface area contributed by atoms with Crippen LogP contribution in [0.25, 0.3) is 22.0 Å². The summed E-state index contributed by atoms with van der Waals surface area (Å²) >= 11 is 0. The highest BCUT2D eigenvalue weighted by Gasteiger charge is 2.25. The van der Waals surface area contributed by atoms with E-state index in [9.17, 15) is 21.6 Å². The van der Waals surface area contributed by atoms with E-state index in [1.165, 1.54) is 22.9 Å². The van der Waals surface area contributed by atoms with Crippen molar-refractivity contribution in [3.05, 3.63) is 76.8 Å². The molecule has 36 heavy (non-hydrogen) atoms. The monoisotopic (exact) mass is 525 g/mol. The van der Waals surface area contributed by atoms with Crippen molar-refractivity contribution in [2.45, 2.75) is 29.6 Å². The number of benzene rings is 2. The van der Waals surface area contributed by atoms with Crippen LogP contribution < -0.4 is 10.9 Å². The quantitative estimate of drug-likeness (QED) is 0.394. The van der Waals surface area contributed by atoms with Gasteiger partial charge in [-0.2, -0.15) is 0 Å². The minimum absolute atomic E-state index is 0.00785. The van der Waals surface area contributed by atoms with Gasteiger partial charge in [-0.15, -0.1) is 0 Å². The van der Waals surface area contributed by atoms with Crippen molar-refractivity contribution in [3.63, 3.8) is 0 Å². The Morgan fingerprint density at radius 3 is 2.25 bits per heavy atom. The first-order valence-corrected chi connectivity index (χ1v) is 14.9. The molecule has 0 radical (unpaired) electrons. The third-order valence-electron chi connectivity index (χ3n) is 6.55. The molecule has 1 N–H and O–H groups in total. The zero-order valence-electron chi connectivity index (χ0n) is 20.2. The van der Waals surface area contributed by atoms with E-state index in [0.29, 0.717) is 22.4 Å². The van der Waals surface area contributed by atoms with Crippen molar-refractivity contribution in [2.75, 3.05) is 18.1 Å². The molecule has 1 aliphatic rings. The second-order valence-electron chi connectivity index (χ2n) is 9.45. The minimum Gasteiger partial charge on any atom is -0.384 e. The van der Waals surface area contributed by atoms with Gasteiger partial charge in [0.25, 0.3) is 15.6 Å². The van der Waals surface area contributed by atoms with Crippen LogP contribution in [0.1, 0.15) is 18.4 Å². The van der Waals surface area contributed by atoms with E-state index in [0.717, 1.165) is 40.9 Å². The molecule has 4 aromatic rings. The van der Waals surface area contributed by atoms with Crippen LogP contribution in [0.4, 0.5) is 5.69 Å². The lowest BCUT2D eigenvalue weighted by atomic mass is 10.0. The number of aryl methyl sites for hydroxylation is 2. The Morgan fingerprint density at radius 1 is 0.944 bits per heavy atom. The number of nitrogens with zero attached hydrogens (tertiary/aromatic N) is 2. The summed E-state index contributed by atoms with van der Waals surface area (Å²) in [4.78, 5) is 13.4. The molecule has 0 saturated heterocycles. The summed E-state index contributed by atoms with van der Waals surface area (Å²) in [5.74, 6) is 0.577. The Hall–Kier alpha value is -3.37. The van der Waals surface area contributed by atoms with Gasteiger partial charge in [0.15, 0.2) is 9.84 Å². The average Bonchev–Trinajstić information content (AvgIpc) is 3.54. The van der Waals surface area contributed by atoms with Gasteiger partial charge in [-0.3, -0.25) is 4.79 Å². The van der Waals surface area contributed by atoms with Crippen molar-refractivity contribution in [3.8, 4) is 11.1 Å². The van der Waals surface area contributed by atoms with Crippen LogP contribution in [0.15, 0.2) is 75.5 Å². The summed E-state index contributed by atoms with van der Waals surface area (Å²) in [6.07, 6.45) is 6.44. The lowest BCUT2D eigenvalue weighted by Crippen LogP contribution is -2.22. The molecule has 8 nitrogen and oxygen atoms in total. The molecule has 188 valence electrons. The van der Waals surface area contributed by atoms with Gasteiger partial charge < -0.3 is 9.88 Å². The molecular formula is C26H27N3O5S2. The van der Waals surface area contributed by atoms with Gasteiger partial charge in [0.1, 0.15) is 5.52 Å². The van der Waals surface area contributed by atoms with Gasteiger partial charge in [-0.25, -0.2) is 20.8 Å². The molecule has 0 bridgehead atoms. The van der Waals surface area contributed by atoms with E-state index in [-0.39, 0.29) is 15.3 Å². The van der Waals surface area contributed by atoms with Crippen molar-refractivity contribution in [1.29, 1.82) is 0 Å². The van der Waals surface area contributed by atoms with E-state index >= 15 is 0 Å². The van der Waals surface area contributed by atoms with Crippen LogP contribution in [0.5, 0.6) is 0 Å². The molecule has 10 heteroatoms. The first-order valence-electron chi connectivity index (χ1n) is 11.6. The zero-order valence-corrected chi connectivity index (χ0v) is 21.9. The summed E-state index contributed by atoms with van der Waals surface area (Å²) in [7, 11) is -5.98. The topological polar surface area (TPSA) is 107 Å². The molecule has 0 amide bonds. The summed E-state index contributed by atoms with van der Waals surface area (Å²) in [5, 5.41) is 3.84. The molecule has 5 rings (SSSR count). The number of fused-ring (bicyclic) bond motifs is 1. The number of pyridine rings is 1. The number of aromatic nitrogens is 2. The molecule has 1 fully saturated rings. The van der Waals surface area contributed by atoms with Crippen LogP contribution in [-0.2, 0) is 26.9 Å². The van der Waals surface area contributed by atoms with Crippen LogP contribution in [0.2, 0.25) is 0 Å². The van der Waals surface area contributed by atoms with Gasteiger partial charge in [0.2, 0.25) is 0 Å². The number of rotatable bonds is 7. The SMILES string of the molecule is Cc1ccc(S(=O)(=O)n2ccc3c(-c4cc(S(C)(=O)=O)ccc4NCC4CC4)cn(C)c(=O)c32)cc1. The molecule has 1 aliphatic carbocycles. The fraction of sp³-hybridized carbons (Fsp3) is 0.269. The maximum atomic E-state index is 13.5. The van der Waals surface area contributed by atoms with E-state index in [1.54, 1.807) is 49.6 Å². The normalized spacial score (nSPS) is 14.3. The highest BCUT2D eigenvalue weighted by Crippen LogP contribution is 2.37. The molecule has 2 aromatic heterocycles. The molecular weight excluding hydrogens is 498 g/mol. The number of nitrogens with one attached hydrogen (secondary N) is 1. The minimum atomic E-state index is -4.04. The van der Waals surface area contributed by atoms with E-state index in [4.69, 9.17) is 0 Å². The van der Waals surface area contributed by atoms with Gasteiger partial charge in [0.05, 0.1) is 9.79 Å². The highest BCUT2D eigenvalue weighted by atomic mass is 32.2. The number of anilines is 1. The summed E-state index contributed by atoms with van der Waals surface area (Å²) in [5.41, 5.74) is 2.33. The Morgan fingerprint density at radius 2 is 1.61 bits per heavy atom. The smallest absolute Gasteiger partial charge is 0.275 e. The highest BCUT2D eigenvalue weighted by molar-refractivity contribution is 7.90. The van der Waals surface area contributed by atoms with Crippen LogP contribution in [0, 0.1) is 12.8 Å². The van der Waals surface area contributed by atoms with Crippen LogP contribution >= 0.6 is 0 Å². The Kier molecular flexibility index (Phi) is 5.83. The molecule has 2 aromatic carbocycles. The second kappa shape index (κ2) is 8.63. The third kappa shape index (κ3) is 4.35. The van der Waals surface area contributed by atoms with Crippen molar-refractivity contribution < 1.29 is 16.8 Å². The van der Waals surface area contributed by atoms with Gasteiger partial charge in [-0.05, 0) is 62.1 Å². The zero-order chi connectivity index (χ0) is 25.8. The standard InChI is InChI=1S/C26H27N3O5S2/c1-17-4-8-19(9-5-17)36(33,34)29-13-12-21-23(16-28(2)26(30)25(21)29)22-14-20(35(3,31)32)10-11-24(22)27-15-18-6-7-18/h4-5,8-14,16,18,27H,6-7,15H2,1-3H3. The van der Waals surface area contributed by atoms with E-state index in [1.807, 2.05) is 6.92 Å². The Balaban J connectivity index is 1.75. The lowest BCUT2D eigenvalue weighted by Gasteiger charge is -2.16. The molecule has 2 heterocycles. The molecule has 0 aliphatic heterocycles. The van der Waals surface area contributed by atoms with E-state index < -0.39 is 25.4 Å². The maximum Gasteiger partial charge on any atom is 0.275 e. The van der Waals surface area contributed by atoms with Crippen molar-refractivity contribution in [1.82, 2.24) is 8.54 Å². The summed E-state index contributed by atoms with van der Waals surface area (Å²) < 4.78 is 54.0.